The van der Waals surface area contributed by atoms with E-state index in [1.807, 2.05) is 0 Å². The van der Waals surface area contributed by atoms with Crippen LogP contribution < -0.4 is 0 Å². The van der Waals surface area contributed by atoms with Gasteiger partial charge in [0.15, 0.2) is 12.2 Å². The van der Waals surface area contributed by atoms with E-state index in [4.69, 9.17) is 37.0 Å². The number of phosphoric acid groups is 2. The van der Waals surface area contributed by atoms with Gasteiger partial charge in [0, 0.05) is 25.7 Å². The largest absolute Gasteiger partial charge is 0.472 e. The van der Waals surface area contributed by atoms with E-state index in [1.165, 1.54) is 44.9 Å². The molecule has 0 bridgehead atoms. The van der Waals surface area contributed by atoms with E-state index >= 15 is 0 Å². The summed E-state index contributed by atoms with van der Waals surface area (Å²) in [5.74, 6) is -2.23. The maximum atomic E-state index is 13.1. The Morgan fingerprint density at radius 1 is 0.284 bits per heavy atom. The van der Waals surface area contributed by atoms with Crippen LogP contribution in [0.25, 0.3) is 0 Å². The summed E-state index contributed by atoms with van der Waals surface area (Å²) >= 11 is 0. The van der Waals surface area contributed by atoms with Crippen molar-refractivity contribution in [1.82, 2.24) is 0 Å². The van der Waals surface area contributed by atoms with Crippen LogP contribution in [0, 0.1) is 0 Å². The third kappa shape index (κ3) is 73.8. The number of unbranched alkanes of at least 4 members (excludes halogenated alkanes) is 28. The Labute approximate surface area is 619 Å². The maximum absolute atomic E-state index is 13.1. The van der Waals surface area contributed by atoms with Crippen molar-refractivity contribution in [1.29, 1.82) is 0 Å². The lowest BCUT2D eigenvalue weighted by Gasteiger charge is -2.21. The molecule has 0 spiro atoms. The molecule has 0 fully saturated rings. The minimum absolute atomic E-state index is 0.0746. The number of aliphatic hydroxyl groups is 1. The normalized spacial score (nSPS) is 14.5. The number of carbonyl (C=O) groups is 4. The van der Waals surface area contributed by atoms with Gasteiger partial charge in [0.1, 0.15) is 19.3 Å². The van der Waals surface area contributed by atoms with Crippen LogP contribution in [0.5, 0.6) is 0 Å². The first-order valence-electron chi connectivity index (χ1n) is 39.8. The van der Waals surface area contributed by atoms with Gasteiger partial charge in [-0.25, -0.2) is 9.13 Å². The average molecular weight is 1470 g/mol. The first kappa shape index (κ1) is 97.5. The third-order valence-corrected chi connectivity index (χ3v) is 18.3. The number of ether oxygens (including phenoxy) is 4. The summed E-state index contributed by atoms with van der Waals surface area (Å²) in [6.45, 7) is 4.57. The van der Waals surface area contributed by atoms with Gasteiger partial charge >= 0.3 is 39.5 Å². The van der Waals surface area contributed by atoms with Crippen molar-refractivity contribution >= 4 is 39.5 Å². The molecule has 586 valence electrons. The molecule has 19 heteroatoms. The van der Waals surface area contributed by atoms with Crippen molar-refractivity contribution in [3.63, 3.8) is 0 Å². The van der Waals surface area contributed by atoms with E-state index in [0.29, 0.717) is 25.7 Å². The lowest BCUT2D eigenvalue weighted by atomic mass is 10.1. The molecule has 0 radical (unpaired) electrons. The second-order valence-corrected chi connectivity index (χ2v) is 29.1. The molecule has 5 atom stereocenters. The summed E-state index contributed by atoms with van der Waals surface area (Å²) in [7, 11) is -9.97. The number of esters is 4. The molecule has 102 heavy (non-hydrogen) atoms. The van der Waals surface area contributed by atoms with Gasteiger partial charge in [-0.15, -0.1) is 0 Å². The monoisotopic (exact) mass is 1470 g/mol. The van der Waals surface area contributed by atoms with Gasteiger partial charge in [-0.2, -0.15) is 0 Å². The Morgan fingerprint density at radius 3 is 0.814 bits per heavy atom. The molecular weight excluding hydrogens is 1330 g/mol. The highest BCUT2D eigenvalue weighted by atomic mass is 31.2. The van der Waals surface area contributed by atoms with E-state index in [1.54, 1.807) is 0 Å². The summed E-state index contributed by atoms with van der Waals surface area (Å²) < 4.78 is 68.6. The van der Waals surface area contributed by atoms with Gasteiger partial charge in [-0.05, 0) is 154 Å². The zero-order valence-corrected chi connectivity index (χ0v) is 65.8. The van der Waals surface area contributed by atoms with E-state index < -0.39 is 97.5 Å². The van der Waals surface area contributed by atoms with E-state index in [0.717, 1.165) is 199 Å². The van der Waals surface area contributed by atoms with Gasteiger partial charge in [0.25, 0.3) is 0 Å². The number of allylic oxidation sites excluding steroid dienone is 20. The minimum Gasteiger partial charge on any atom is -0.462 e. The van der Waals surface area contributed by atoms with Crippen LogP contribution in [0.2, 0.25) is 0 Å². The van der Waals surface area contributed by atoms with Crippen molar-refractivity contribution in [3.05, 3.63) is 122 Å². The Balaban J connectivity index is 5.39. The van der Waals surface area contributed by atoms with Crippen LogP contribution in [0.15, 0.2) is 122 Å². The molecule has 0 aromatic carbocycles. The summed E-state index contributed by atoms with van der Waals surface area (Å²) in [6, 6.07) is 0. The second kappa shape index (κ2) is 74.7. The zero-order valence-electron chi connectivity index (χ0n) is 64.0. The number of hydrogen-bond donors (Lipinski definition) is 3. The molecule has 17 nitrogen and oxygen atoms in total. The molecule has 0 saturated carbocycles. The van der Waals surface area contributed by atoms with Crippen molar-refractivity contribution in [2.24, 2.45) is 0 Å². The second-order valence-electron chi connectivity index (χ2n) is 26.2. The smallest absolute Gasteiger partial charge is 0.462 e. The van der Waals surface area contributed by atoms with E-state index in [9.17, 15) is 43.2 Å². The Kier molecular flexibility index (Phi) is 71.4. The number of rotatable bonds is 74. The fourth-order valence-corrected chi connectivity index (χ4v) is 11.9. The zero-order chi connectivity index (χ0) is 74.6. The van der Waals surface area contributed by atoms with Crippen molar-refractivity contribution in [2.75, 3.05) is 39.6 Å². The van der Waals surface area contributed by atoms with Crippen molar-refractivity contribution in [3.8, 4) is 0 Å². The molecule has 0 amide bonds. The molecule has 0 aliphatic carbocycles. The standard InChI is InChI=1S/C83H142O17P2/c1-5-9-13-17-21-25-29-33-36-38-41-44-47-51-55-59-63-67-80(85)93-73-78(99-82(87)69-65-61-57-53-49-43-32-28-24-20-16-12-8-4)75-97-101(89,90)95-71-77(84)72-96-102(91,92)98-76-79(100-83(88)70-66-62-58-54-50-46-40-35-31-27-23-19-15-11-7-3)74-94-81(86)68-64-60-56-52-48-45-42-39-37-34-30-26-22-18-14-10-6-2/h9-10,13-14,21-23,25-28,32-37,40-41,44,77-79,84H,5-8,11-12,15-20,24,29-31,38-39,42-43,45-76H2,1-4H3,(H,89,90)(H,91,92)/b13-9-,14-10-,25-21-,26-22-,27-23-,32-28-,36-33-,37-34-,40-35-,44-41-. The summed E-state index contributed by atoms with van der Waals surface area (Å²) in [5, 5.41) is 10.6. The number of aliphatic hydroxyl groups excluding tert-OH is 1. The lowest BCUT2D eigenvalue weighted by molar-refractivity contribution is -0.161. The van der Waals surface area contributed by atoms with Crippen LogP contribution in [0.4, 0.5) is 0 Å². The molecule has 0 heterocycles. The number of phosphoric ester groups is 2. The summed E-state index contributed by atoms with van der Waals surface area (Å²) in [6.07, 6.45) is 81.7. The number of carbonyl (C=O) groups excluding carboxylic acids is 4. The Hall–Kier alpha value is -4.54. The van der Waals surface area contributed by atoms with E-state index in [-0.39, 0.29) is 25.7 Å². The summed E-state index contributed by atoms with van der Waals surface area (Å²) in [5.41, 5.74) is 0. The molecule has 5 unspecified atom stereocenters. The molecule has 0 aromatic heterocycles. The molecule has 0 aliphatic heterocycles. The molecule has 0 aromatic rings. The fourth-order valence-electron chi connectivity index (χ4n) is 10.4. The van der Waals surface area contributed by atoms with Gasteiger partial charge in [0.05, 0.1) is 26.4 Å². The predicted octanol–water partition coefficient (Wildman–Crippen LogP) is 23.1. The lowest BCUT2D eigenvalue weighted by Crippen LogP contribution is -2.30. The topological polar surface area (TPSA) is 237 Å². The Bertz CT molecular complexity index is 2410. The minimum atomic E-state index is -4.99. The third-order valence-electron chi connectivity index (χ3n) is 16.4. The van der Waals surface area contributed by atoms with Gasteiger partial charge in [0.2, 0.25) is 0 Å². The first-order chi connectivity index (χ1) is 49.7. The number of hydrogen-bond acceptors (Lipinski definition) is 15. The SMILES string of the molecule is CC/C=C\C/C=C\C/C=C\C/C=C\CCCCCCC(=O)OCC(COP(=O)(O)OCC(O)COP(=O)(O)OCC(COC(=O)CCCCCCCCC/C=C\C/C=C\C/C=C\CC)OC(=O)CCCCCCC/C=C\C/C=C\CCCCC)OC(=O)CCCCCCC/C=C\CCCCCC. The first-order valence-corrected chi connectivity index (χ1v) is 42.8. The molecule has 0 saturated heterocycles. The average Bonchev–Trinajstić information content (AvgIpc) is 0.908. The van der Waals surface area contributed by atoms with Crippen LogP contribution in [0.1, 0.15) is 323 Å². The van der Waals surface area contributed by atoms with E-state index in [2.05, 4.69) is 149 Å². The summed E-state index contributed by atoms with van der Waals surface area (Å²) in [4.78, 5) is 73.0. The van der Waals surface area contributed by atoms with Crippen LogP contribution >= 0.6 is 15.6 Å². The highest BCUT2D eigenvalue weighted by Gasteiger charge is 2.30. The van der Waals surface area contributed by atoms with Gasteiger partial charge in [-0.3, -0.25) is 37.3 Å². The molecule has 3 N–H and O–H groups in total. The van der Waals surface area contributed by atoms with Crippen LogP contribution in [0.3, 0.4) is 0 Å². The predicted molar refractivity (Wildman–Crippen MR) is 418 cm³/mol. The van der Waals surface area contributed by atoms with Gasteiger partial charge < -0.3 is 33.8 Å². The highest BCUT2D eigenvalue weighted by molar-refractivity contribution is 7.47. The fraction of sp³-hybridized carbons (Fsp3) is 0.711. The molecule has 0 rings (SSSR count). The Morgan fingerprint density at radius 2 is 0.510 bits per heavy atom. The van der Waals surface area contributed by atoms with Crippen molar-refractivity contribution < 1.29 is 80.2 Å². The molecule has 0 aliphatic rings. The van der Waals surface area contributed by atoms with Crippen molar-refractivity contribution in [2.45, 2.75) is 341 Å². The van der Waals surface area contributed by atoms with Crippen LogP contribution in [-0.4, -0.2) is 96.7 Å². The molecular formula is C83H142O17P2. The van der Waals surface area contributed by atoms with Crippen LogP contribution in [-0.2, 0) is 65.4 Å². The quantitative estimate of drug-likeness (QED) is 0.0169. The van der Waals surface area contributed by atoms with Gasteiger partial charge in [-0.1, -0.05) is 265 Å². The highest BCUT2D eigenvalue weighted by Crippen LogP contribution is 2.45. The maximum Gasteiger partial charge on any atom is 0.472 e.